The molecule has 0 aromatic heterocycles. The summed E-state index contributed by atoms with van der Waals surface area (Å²) in [5.41, 5.74) is 3.52. The Bertz CT molecular complexity index is 832. The fourth-order valence-electron chi connectivity index (χ4n) is 2.48. The molecule has 0 saturated heterocycles. The first-order chi connectivity index (χ1) is 9.81. The second-order valence-corrected chi connectivity index (χ2v) is 4.66. The molecule has 0 unspecified atom stereocenters. The molecule has 0 spiro atoms. The van der Waals surface area contributed by atoms with Crippen LogP contribution in [-0.4, -0.2) is 0 Å². The molecule has 0 radical (unpaired) electrons. The Morgan fingerprint density at radius 2 is 1.45 bits per heavy atom. The lowest BCUT2D eigenvalue weighted by atomic mass is 9.92. The summed E-state index contributed by atoms with van der Waals surface area (Å²) in [5.74, 6) is 0. The van der Waals surface area contributed by atoms with E-state index in [1.54, 1.807) is 0 Å². The predicted octanol–water partition coefficient (Wildman–Crippen LogP) is 4.77. The Kier molecular flexibility index (Phi) is 3.07. The Balaban J connectivity index is 2.21. The molecule has 94 valence electrons. The predicted molar refractivity (Wildman–Crippen MR) is 83.2 cm³/mol. The van der Waals surface area contributed by atoms with Crippen LogP contribution >= 0.6 is 0 Å². The number of hydrogen-bond donors (Lipinski definition) is 0. The zero-order valence-electron chi connectivity index (χ0n) is 11.0. The SMILES string of the molecule is C=C(c1ccccc1C#N)c1cccc2ccccc12. The van der Waals surface area contributed by atoms with Crippen LogP contribution in [0.15, 0.2) is 73.3 Å². The van der Waals surface area contributed by atoms with Gasteiger partial charge in [0.25, 0.3) is 0 Å². The highest BCUT2D eigenvalue weighted by molar-refractivity contribution is 5.97. The average molecular weight is 255 g/mol. The maximum absolute atomic E-state index is 9.24. The third-order valence-corrected chi connectivity index (χ3v) is 3.49. The topological polar surface area (TPSA) is 23.8 Å². The van der Waals surface area contributed by atoms with E-state index >= 15 is 0 Å². The first-order valence-corrected chi connectivity index (χ1v) is 6.48. The normalized spacial score (nSPS) is 10.2. The van der Waals surface area contributed by atoms with E-state index in [2.05, 4.69) is 36.9 Å². The lowest BCUT2D eigenvalue weighted by Gasteiger charge is -2.11. The molecular formula is C19H13N. The summed E-state index contributed by atoms with van der Waals surface area (Å²) >= 11 is 0. The Morgan fingerprint density at radius 1 is 0.800 bits per heavy atom. The summed E-state index contributed by atoms with van der Waals surface area (Å²) in [6.07, 6.45) is 0. The third kappa shape index (κ3) is 1.98. The van der Waals surface area contributed by atoms with E-state index in [1.807, 2.05) is 42.5 Å². The zero-order valence-corrected chi connectivity index (χ0v) is 11.0. The third-order valence-electron chi connectivity index (χ3n) is 3.49. The van der Waals surface area contributed by atoms with Gasteiger partial charge in [0.15, 0.2) is 0 Å². The highest BCUT2D eigenvalue weighted by atomic mass is 14.2. The van der Waals surface area contributed by atoms with E-state index in [9.17, 15) is 5.26 Å². The minimum atomic E-state index is 0.658. The average Bonchev–Trinajstić information content (AvgIpc) is 2.53. The molecule has 1 nitrogen and oxygen atoms in total. The fourth-order valence-corrected chi connectivity index (χ4v) is 2.48. The molecule has 3 rings (SSSR count). The van der Waals surface area contributed by atoms with Gasteiger partial charge in [0.05, 0.1) is 11.6 Å². The molecule has 0 amide bonds. The van der Waals surface area contributed by atoms with Crippen LogP contribution in [0.3, 0.4) is 0 Å². The molecule has 0 aliphatic heterocycles. The summed E-state index contributed by atoms with van der Waals surface area (Å²) in [7, 11) is 0. The standard InChI is InChI=1S/C19H13N/c1-14(17-10-4-3-8-16(17)13-20)18-12-6-9-15-7-2-5-11-19(15)18/h2-12H,1H2. The van der Waals surface area contributed by atoms with Crippen molar-refractivity contribution in [3.63, 3.8) is 0 Å². The monoisotopic (exact) mass is 255 g/mol. The molecule has 1 heteroatoms. The van der Waals surface area contributed by atoms with Gasteiger partial charge in [-0.3, -0.25) is 0 Å². The molecule has 0 fully saturated rings. The van der Waals surface area contributed by atoms with Crippen molar-refractivity contribution in [2.45, 2.75) is 0 Å². The molecule has 0 saturated carbocycles. The molecule has 3 aromatic rings. The smallest absolute Gasteiger partial charge is 0.0998 e. The maximum Gasteiger partial charge on any atom is 0.0998 e. The number of nitriles is 1. The number of rotatable bonds is 2. The van der Waals surface area contributed by atoms with Crippen molar-refractivity contribution < 1.29 is 0 Å². The van der Waals surface area contributed by atoms with Gasteiger partial charge in [-0.05, 0) is 33.5 Å². The minimum Gasteiger partial charge on any atom is -0.192 e. The van der Waals surface area contributed by atoms with Crippen molar-refractivity contribution in [2.75, 3.05) is 0 Å². The van der Waals surface area contributed by atoms with Crippen molar-refractivity contribution in [3.05, 3.63) is 90.0 Å². The summed E-state index contributed by atoms with van der Waals surface area (Å²) in [6, 6.07) is 24.2. The molecule has 0 heterocycles. The molecular weight excluding hydrogens is 242 g/mol. The van der Waals surface area contributed by atoms with Gasteiger partial charge in [-0.15, -0.1) is 0 Å². The van der Waals surface area contributed by atoms with E-state index in [1.165, 1.54) is 5.39 Å². The van der Waals surface area contributed by atoms with Crippen LogP contribution in [-0.2, 0) is 0 Å². The number of nitrogens with zero attached hydrogens (tertiary/aromatic N) is 1. The number of fused-ring (bicyclic) bond motifs is 1. The largest absolute Gasteiger partial charge is 0.192 e. The van der Waals surface area contributed by atoms with Gasteiger partial charge in [-0.25, -0.2) is 0 Å². The van der Waals surface area contributed by atoms with E-state index in [0.717, 1.165) is 22.1 Å². The first-order valence-electron chi connectivity index (χ1n) is 6.48. The quantitative estimate of drug-likeness (QED) is 0.647. The van der Waals surface area contributed by atoms with Gasteiger partial charge < -0.3 is 0 Å². The van der Waals surface area contributed by atoms with Crippen molar-refractivity contribution in [1.82, 2.24) is 0 Å². The van der Waals surface area contributed by atoms with Crippen molar-refractivity contribution >= 4 is 16.3 Å². The lowest BCUT2D eigenvalue weighted by Crippen LogP contribution is -1.91. The van der Waals surface area contributed by atoms with E-state index in [0.29, 0.717) is 5.56 Å². The second kappa shape index (κ2) is 5.03. The van der Waals surface area contributed by atoms with Crippen LogP contribution in [0.5, 0.6) is 0 Å². The Labute approximate surface area is 118 Å². The molecule has 0 N–H and O–H groups in total. The van der Waals surface area contributed by atoms with Gasteiger partial charge in [0, 0.05) is 0 Å². The molecule has 0 bridgehead atoms. The number of hydrogen-bond acceptors (Lipinski definition) is 1. The highest BCUT2D eigenvalue weighted by Gasteiger charge is 2.09. The minimum absolute atomic E-state index is 0.658. The Morgan fingerprint density at radius 3 is 2.30 bits per heavy atom. The van der Waals surface area contributed by atoms with Crippen LogP contribution in [0.25, 0.3) is 16.3 Å². The van der Waals surface area contributed by atoms with Gasteiger partial charge in [-0.2, -0.15) is 5.26 Å². The van der Waals surface area contributed by atoms with Gasteiger partial charge in [0.1, 0.15) is 0 Å². The summed E-state index contributed by atoms with van der Waals surface area (Å²) < 4.78 is 0. The van der Waals surface area contributed by atoms with Gasteiger partial charge in [-0.1, -0.05) is 67.2 Å². The molecule has 3 aromatic carbocycles. The first kappa shape index (κ1) is 12.2. The summed E-state index contributed by atoms with van der Waals surface area (Å²) in [6.45, 7) is 4.20. The van der Waals surface area contributed by atoms with Crippen LogP contribution in [0.2, 0.25) is 0 Å². The molecule has 0 aliphatic carbocycles. The zero-order chi connectivity index (χ0) is 13.9. The van der Waals surface area contributed by atoms with Crippen LogP contribution in [0, 0.1) is 11.3 Å². The molecule has 0 atom stereocenters. The maximum atomic E-state index is 9.24. The fraction of sp³-hybridized carbons (Fsp3) is 0. The van der Waals surface area contributed by atoms with E-state index < -0.39 is 0 Å². The van der Waals surface area contributed by atoms with Crippen LogP contribution < -0.4 is 0 Å². The lowest BCUT2D eigenvalue weighted by molar-refractivity contribution is 1.46. The Hall–Kier alpha value is -2.85. The van der Waals surface area contributed by atoms with Gasteiger partial charge in [0.2, 0.25) is 0 Å². The van der Waals surface area contributed by atoms with Gasteiger partial charge >= 0.3 is 0 Å². The molecule has 20 heavy (non-hydrogen) atoms. The van der Waals surface area contributed by atoms with Crippen LogP contribution in [0.4, 0.5) is 0 Å². The summed E-state index contributed by atoms with van der Waals surface area (Å²) in [4.78, 5) is 0. The van der Waals surface area contributed by atoms with E-state index in [4.69, 9.17) is 0 Å². The van der Waals surface area contributed by atoms with E-state index in [-0.39, 0.29) is 0 Å². The molecule has 0 aliphatic rings. The number of benzene rings is 3. The summed E-state index contributed by atoms with van der Waals surface area (Å²) in [5, 5.41) is 11.6. The second-order valence-electron chi connectivity index (χ2n) is 4.66. The van der Waals surface area contributed by atoms with Crippen LogP contribution in [0.1, 0.15) is 16.7 Å². The van der Waals surface area contributed by atoms with Crippen molar-refractivity contribution in [3.8, 4) is 6.07 Å². The van der Waals surface area contributed by atoms with Crippen molar-refractivity contribution in [2.24, 2.45) is 0 Å². The van der Waals surface area contributed by atoms with Crippen molar-refractivity contribution in [1.29, 1.82) is 5.26 Å². The highest BCUT2D eigenvalue weighted by Crippen LogP contribution is 2.30.